The number of para-hydroxylation sites is 1. The van der Waals surface area contributed by atoms with Gasteiger partial charge in [0.05, 0.1) is 23.1 Å². The number of carbonyl (C=O) groups excluding carboxylic acids is 4. The Kier molecular flexibility index (Phi) is 4.50. The molecule has 2 amide bonds. The summed E-state index contributed by atoms with van der Waals surface area (Å²) >= 11 is 0. The first-order chi connectivity index (χ1) is 14.6. The lowest BCUT2D eigenvalue weighted by molar-refractivity contribution is -0.123. The van der Waals surface area contributed by atoms with Crippen LogP contribution in [0.3, 0.4) is 0 Å². The third-order valence-electron chi connectivity index (χ3n) is 6.72. The summed E-state index contributed by atoms with van der Waals surface area (Å²) in [6.45, 7) is -0.408. The summed E-state index contributed by atoms with van der Waals surface area (Å²) in [6, 6.07) is 15.0. The first-order valence-electron chi connectivity index (χ1n) is 10.3. The summed E-state index contributed by atoms with van der Waals surface area (Å²) < 4.78 is 5.23. The normalized spacial score (nSPS) is 26.7. The smallest absolute Gasteiger partial charge is 0.340 e. The molecule has 0 radical (unpaired) electrons. The highest BCUT2D eigenvalue weighted by molar-refractivity contribution is 6.24. The van der Waals surface area contributed by atoms with Crippen LogP contribution in [0.4, 0.5) is 5.69 Å². The van der Waals surface area contributed by atoms with Crippen molar-refractivity contribution in [2.24, 2.45) is 23.7 Å². The molecule has 5 rings (SSSR count). The van der Waals surface area contributed by atoms with Crippen LogP contribution in [0.15, 0.2) is 54.6 Å². The van der Waals surface area contributed by atoms with E-state index >= 15 is 0 Å². The summed E-state index contributed by atoms with van der Waals surface area (Å²) in [7, 11) is 0. The number of nitrogens with zero attached hydrogens (tertiary/aromatic N) is 1. The first-order valence-corrected chi connectivity index (χ1v) is 10.3. The number of amides is 2. The van der Waals surface area contributed by atoms with Gasteiger partial charge < -0.3 is 4.74 Å². The Labute approximate surface area is 173 Å². The minimum Gasteiger partial charge on any atom is -0.454 e. The zero-order valence-electron chi connectivity index (χ0n) is 16.3. The van der Waals surface area contributed by atoms with Crippen LogP contribution in [0.5, 0.6) is 0 Å². The summed E-state index contributed by atoms with van der Waals surface area (Å²) in [5.74, 6) is -1.46. The minimum absolute atomic E-state index is 0.118. The maximum absolute atomic E-state index is 13.1. The van der Waals surface area contributed by atoms with Crippen molar-refractivity contribution in [2.75, 3.05) is 11.5 Å². The third kappa shape index (κ3) is 2.86. The molecule has 0 spiro atoms. The largest absolute Gasteiger partial charge is 0.454 e. The Balaban J connectivity index is 1.37. The van der Waals surface area contributed by atoms with Gasteiger partial charge in [0.15, 0.2) is 12.4 Å². The van der Waals surface area contributed by atoms with Gasteiger partial charge in [0.1, 0.15) is 0 Å². The molecule has 0 aromatic heterocycles. The van der Waals surface area contributed by atoms with E-state index in [1.807, 2.05) is 0 Å². The fourth-order valence-corrected chi connectivity index (χ4v) is 5.40. The Morgan fingerprint density at radius 3 is 2.13 bits per heavy atom. The van der Waals surface area contributed by atoms with Gasteiger partial charge in [-0.05, 0) is 43.2 Å². The van der Waals surface area contributed by atoms with E-state index in [1.165, 1.54) is 11.0 Å². The molecule has 2 saturated carbocycles. The molecule has 0 unspecified atom stereocenters. The molecule has 1 saturated heterocycles. The number of hydrogen-bond acceptors (Lipinski definition) is 5. The third-order valence-corrected chi connectivity index (χ3v) is 6.72. The molecule has 3 fully saturated rings. The van der Waals surface area contributed by atoms with Crippen LogP contribution in [0.1, 0.15) is 40.0 Å². The highest BCUT2D eigenvalue weighted by Gasteiger charge is 2.61. The number of imide groups is 1. The SMILES string of the molecule is O=C(COC(=O)c1ccccc1N1C(=O)[C@@H]2[C@H]3CC[C@@H](C3)[C@@H]2C1=O)c1ccccc1. The number of Topliss-reactive ketones (excluding diaryl/α,β-unsaturated/α-hetero) is 1. The predicted molar refractivity (Wildman–Crippen MR) is 108 cm³/mol. The fraction of sp³-hybridized carbons (Fsp3) is 0.333. The fourth-order valence-electron chi connectivity index (χ4n) is 5.40. The average Bonchev–Trinajstić information content (AvgIpc) is 3.46. The van der Waals surface area contributed by atoms with E-state index in [9.17, 15) is 19.2 Å². The number of ketones is 1. The van der Waals surface area contributed by atoms with Crippen molar-refractivity contribution in [2.45, 2.75) is 19.3 Å². The van der Waals surface area contributed by atoms with Crippen LogP contribution >= 0.6 is 0 Å². The molecular formula is C24H21NO5. The zero-order chi connectivity index (χ0) is 20.8. The lowest BCUT2D eigenvalue weighted by Gasteiger charge is -2.19. The van der Waals surface area contributed by atoms with Crippen LogP contribution in [0.25, 0.3) is 0 Å². The quantitative estimate of drug-likeness (QED) is 0.435. The maximum atomic E-state index is 13.1. The highest BCUT2D eigenvalue weighted by atomic mass is 16.5. The summed E-state index contributed by atoms with van der Waals surface area (Å²) in [4.78, 5) is 52.4. The van der Waals surface area contributed by atoms with E-state index in [-0.39, 0.29) is 52.5 Å². The van der Waals surface area contributed by atoms with Gasteiger partial charge in [-0.3, -0.25) is 14.4 Å². The number of ether oxygens (including phenoxy) is 1. The van der Waals surface area contributed by atoms with Gasteiger partial charge in [0.2, 0.25) is 11.8 Å². The maximum Gasteiger partial charge on any atom is 0.340 e. The van der Waals surface area contributed by atoms with Crippen LogP contribution < -0.4 is 4.90 Å². The number of benzene rings is 2. The molecular weight excluding hydrogens is 382 g/mol. The first kappa shape index (κ1) is 18.7. The summed E-state index contributed by atoms with van der Waals surface area (Å²) in [5, 5.41) is 0. The van der Waals surface area contributed by atoms with Crippen LogP contribution in [-0.2, 0) is 14.3 Å². The van der Waals surface area contributed by atoms with Crippen molar-refractivity contribution in [3.63, 3.8) is 0 Å². The number of anilines is 1. The second-order valence-corrected chi connectivity index (χ2v) is 8.28. The summed E-state index contributed by atoms with van der Waals surface area (Å²) in [6.07, 6.45) is 2.93. The van der Waals surface area contributed by atoms with Crippen LogP contribution in [-0.4, -0.2) is 30.2 Å². The lowest BCUT2D eigenvalue weighted by atomic mass is 9.81. The van der Waals surface area contributed by atoms with Gasteiger partial charge in [0, 0.05) is 5.56 Å². The number of hydrogen-bond donors (Lipinski definition) is 0. The molecule has 2 bridgehead atoms. The van der Waals surface area contributed by atoms with Gasteiger partial charge in [-0.25, -0.2) is 9.69 Å². The van der Waals surface area contributed by atoms with Gasteiger partial charge in [-0.15, -0.1) is 0 Å². The highest BCUT2D eigenvalue weighted by Crippen LogP contribution is 2.56. The minimum atomic E-state index is -0.726. The van der Waals surface area contributed by atoms with Crippen molar-refractivity contribution >= 4 is 29.3 Å². The van der Waals surface area contributed by atoms with E-state index in [0.717, 1.165) is 19.3 Å². The average molecular weight is 403 g/mol. The molecule has 1 aliphatic heterocycles. The van der Waals surface area contributed by atoms with Crippen LogP contribution in [0.2, 0.25) is 0 Å². The van der Waals surface area contributed by atoms with Crippen molar-refractivity contribution < 1.29 is 23.9 Å². The molecule has 30 heavy (non-hydrogen) atoms. The Morgan fingerprint density at radius 2 is 1.47 bits per heavy atom. The number of fused-ring (bicyclic) bond motifs is 5. The second kappa shape index (κ2) is 7.20. The summed E-state index contributed by atoms with van der Waals surface area (Å²) in [5.41, 5.74) is 0.817. The van der Waals surface area contributed by atoms with Crippen LogP contribution in [0, 0.1) is 23.7 Å². The standard InChI is InChI=1S/C24H21NO5/c26-19(14-6-2-1-3-7-14)13-30-24(29)17-8-4-5-9-18(17)25-22(27)20-15-10-11-16(12-15)21(20)23(25)28/h1-9,15-16,20-21H,10-13H2/t15-,16-,20-,21+/m0/s1. The van der Waals surface area contributed by atoms with Gasteiger partial charge in [-0.1, -0.05) is 42.5 Å². The van der Waals surface area contributed by atoms with Crippen molar-refractivity contribution in [1.29, 1.82) is 0 Å². The lowest BCUT2D eigenvalue weighted by Crippen LogP contribution is -2.34. The van der Waals surface area contributed by atoms with E-state index < -0.39 is 12.6 Å². The van der Waals surface area contributed by atoms with E-state index in [1.54, 1.807) is 48.5 Å². The monoisotopic (exact) mass is 403 g/mol. The molecule has 4 atom stereocenters. The molecule has 6 nitrogen and oxygen atoms in total. The van der Waals surface area contributed by atoms with Gasteiger partial charge >= 0.3 is 5.97 Å². The Morgan fingerprint density at radius 1 is 0.867 bits per heavy atom. The van der Waals surface area contributed by atoms with Gasteiger partial charge in [0.25, 0.3) is 0 Å². The molecule has 6 heteroatoms. The predicted octanol–water partition coefficient (Wildman–Crippen LogP) is 3.26. The topological polar surface area (TPSA) is 80.8 Å². The van der Waals surface area contributed by atoms with E-state index in [0.29, 0.717) is 5.56 Å². The molecule has 152 valence electrons. The Bertz CT molecular complexity index is 1020. The molecule has 3 aliphatic rings. The van der Waals surface area contributed by atoms with Gasteiger partial charge in [-0.2, -0.15) is 0 Å². The molecule has 2 aromatic rings. The molecule has 2 aliphatic carbocycles. The van der Waals surface area contributed by atoms with E-state index in [4.69, 9.17) is 4.74 Å². The van der Waals surface area contributed by atoms with E-state index in [2.05, 4.69) is 0 Å². The zero-order valence-corrected chi connectivity index (χ0v) is 16.3. The number of carbonyl (C=O) groups is 4. The number of esters is 1. The molecule has 2 aromatic carbocycles. The molecule has 1 heterocycles. The second-order valence-electron chi connectivity index (χ2n) is 8.28. The number of rotatable bonds is 5. The molecule has 0 N–H and O–H groups in total. The van der Waals surface area contributed by atoms with Crippen molar-refractivity contribution in [3.05, 3.63) is 65.7 Å². The Hall–Kier alpha value is -3.28. The van der Waals surface area contributed by atoms with Crippen molar-refractivity contribution in [1.82, 2.24) is 0 Å². The van der Waals surface area contributed by atoms with Crippen molar-refractivity contribution in [3.8, 4) is 0 Å².